The minimum atomic E-state index is -3.68. The summed E-state index contributed by atoms with van der Waals surface area (Å²) in [6.45, 7) is 0. The Hall–Kier alpha value is -2.75. The van der Waals surface area contributed by atoms with Crippen molar-refractivity contribution in [2.24, 2.45) is 0 Å². The van der Waals surface area contributed by atoms with Crippen LogP contribution >= 0.6 is 0 Å². The Morgan fingerprint density at radius 2 is 2.16 bits per heavy atom. The fraction of sp³-hybridized carbons (Fsp3) is 0.333. The number of nitrogens with zero attached hydrogens (tertiary/aromatic N) is 2. The number of aromatic amines is 1. The van der Waals surface area contributed by atoms with Gasteiger partial charge in [-0.1, -0.05) is 0 Å². The minimum Gasteiger partial charge on any atom is -0.349 e. The molecule has 1 atom stereocenters. The van der Waals surface area contributed by atoms with Gasteiger partial charge in [-0.3, -0.25) is 14.9 Å². The Morgan fingerprint density at radius 3 is 2.84 bits per heavy atom. The van der Waals surface area contributed by atoms with Crippen LogP contribution in [0.15, 0.2) is 29.4 Å². The van der Waals surface area contributed by atoms with E-state index < -0.39 is 26.4 Å². The number of carbonyl (C=O) groups excluding carboxylic acids is 1. The molecule has 2 aromatic rings. The lowest BCUT2D eigenvalue weighted by Gasteiger charge is -2.22. The van der Waals surface area contributed by atoms with Crippen molar-refractivity contribution in [1.29, 1.82) is 0 Å². The van der Waals surface area contributed by atoms with Gasteiger partial charge in [-0.15, -0.1) is 0 Å². The molecule has 1 heterocycles. The highest BCUT2D eigenvalue weighted by Crippen LogP contribution is 2.22. The number of aromatic nitrogens is 2. The number of nitrogens with one attached hydrogen (secondary N) is 2. The maximum Gasteiger partial charge on any atom is 0.271 e. The molecule has 0 aliphatic heterocycles. The zero-order valence-electron chi connectivity index (χ0n) is 13.4. The molecular weight excluding hydrogens is 348 g/mol. The maximum absolute atomic E-state index is 12.5. The number of amides is 1. The van der Waals surface area contributed by atoms with Gasteiger partial charge in [-0.25, -0.2) is 13.4 Å². The Bertz CT molecular complexity index is 951. The molecule has 0 saturated carbocycles. The normalized spacial score (nSPS) is 16.9. The number of non-ortho nitro benzene ring substituents is 1. The highest BCUT2D eigenvalue weighted by molar-refractivity contribution is 7.90. The smallest absolute Gasteiger partial charge is 0.271 e. The fourth-order valence-corrected chi connectivity index (χ4v) is 3.50. The summed E-state index contributed by atoms with van der Waals surface area (Å²) in [5, 5.41) is 13.8. The van der Waals surface area contributed by atoms with Gasteiger partial charge in [0, 0.05) is 42.1 Å². The largest absolute Gasteiger partial charge is 0.349 e. The Kier molecular flexibility index (Phi) is 4.29. The molecule has 1 aromatic carbocycles. The van der Waals surface area contributed by atoms with Gasteiger partial charge in [0.25, 0.3) is 11.6 Å². The molecule has 1 aromatic heterocycles. The van der Waals surface area contributed by atoms with Gasteiger partial charge in [-0.2, -0.15) is 0 Å². The predicted molar refractivity (Wildman–Crippen MR) is 88.1 cm³/mol. The van der Waals surface area contributed by atoms with Crippen LogP contribution in [0.1, 0.15) is 28.2 Å². The van der Waals surface area contributed by atoms with Crippen molar-refractivity contribution in [3.63, 3.8) is 0 Å². The number of hydrogen-bond donors (Lipinski definition) is 2. The molecule has 0 fully saturated rings. The van der Waals surface area contributed by atoms with Gasteiger partial charge in [0.05, 0.1) is 21.8 Å². The van der Waals surface area contributed by atoms with Crippen molar-refractivity contribution in [2.75, 3.05) is 6.26 Å². The van der Waals surface area contributed by atoms with E-state index in [-0.39, 0.29) is 16.5 Å². The third kappa shape index (κ3) is 3.68. The molecule has 132 valence electrons. The zero-order valence-corrected chi connectivity index (χ0v) is 14.2. The summed E-state index contributed by atoms with van der Waals surface area (Å²) < 4.78 is 23.4. The maximum atomic E-state index is 12.5. The van der Waals surface area contributed by atoms with Crippen molar-refractivity contribution in [3.05, 3.63) is 51.6 Å². The molecule has 0 radical (unpaired) electrons. The Labute approximate surface area is 143 Å². The molecule has 1 amide bonds. The second-order valence-electron chi connectivity index (χ2n) is 5.99. The number of benzene rings is 1. The second kappa shape index (κ2) is 6.28. The lowest BCUT2D eigenvalue weighted by atomic mass is 9.96. The van der Waals surface area contributed by atoms with Crippen LogP contribution in [0.3, 0.4) is 0 Å². The predicted octanol–water partition coefficient (Wildman–Crippen LogP) is 1.01. The number of hydrogen-bond acceptors (Lipinski definition) is 6. The van der Waals surface area contributed by atoms with E-state index in [2.05, 4.69) is 15.3 Å². The quantitative estimate of drug-likeness (QED) is 0.614. The van der Waals surface area contributed by atoms with Crippen LogP contribution < -0.4 is 5.32 Å². The van der Waals surface area contributed by atoms with Crippen molar-refractivity contribution < 1.29 is 18.1 Å². The summed E-state index contributed by atoms with van der Waals surface area (Å²) in [7, 11) is -3.68. The average molecular weight is 364 g/mol. The van der Waals surface area contributed by atoms with E-state index in [1.54, 1.807) is 6.33 Å². The summed E-state index contributed by atoms with van der Waals surface area (Å²) in [6, 6.07) is 3.03. The molecule has 1 aliphatic rings. The number of aryl methyl sites for hydroxylation is 1. The number of fused-ring (bicyclic) bond motifs is 1. The van der Waals surface area contributed by atoms with Gasteiger partial charge in [0.2, 0.25) is 0 Å². The summed E-state index contributed by atoms with van der Waals surface area (Å²) >= 11 is 0. The third-order valence-electron chi connectivity index (χ3n) is 4.12. The number of rotatable bonds is 4. The SMILES string of the molecule is CS(=O)(=O)c1cc(C(=O)N[C@@H]2CCc3nc[nH]c3C2)cc([N+](=O)[O-])c1. The monoisotopic (exact) mass is 364 g/mol. The summed E-state index contributed by atoms with van der Waals surface area (Å²) in [4.78, 5) is 29.7. The van der Waals surface area contributed by atoms with E-state index in [4.69, 9.17) is 0 Å². The van der Waals surface area contributed by atoms with Gasteiger partial charge in [-0.05, 0) is 18.9 Å². The molecule has 0 spiro atoms. The number of nitro benzene ring substituents is 1. The molecule has 0 bridgehead atoms. The van der Waals surface area contributed by atoms with Crippen LogP contribution in [0, 0.1) is 10.1 Å². The van der Waals surface area contributed by atoms with Crippen molar-refractivity contribution in [3.8, 4) is 0 Å². The van der Waals surface area contributed by atoms with Crippen LogP contribution in [0.4, 0.5) is 5.69 Å². The number of sulfone groups is 1. The first-order valence-corrected chi connectivity index (χ1v) is 9.44. The zero-order chi connectivity index (χ0) is 18.2. The molecule has 2 N–H and O–H groups in total. The van der Waals surface area contributed by atoms with Crippen LogP contribution in [0.25, 0.3) is 0 Å². The molecule has 0 unspecified atom stereocenters. The molecule has 9 nitrogen and oxygen atoms in total. The van der Waals surface area contributed by atoms with Gasteiger partial charge < -0.3 is 10.3 Å². The summed E-state index contributed by atoms with van der Waals surface area (Å²) in [6.07, 6.45) is 4.53. The van der Waals surface area contributed by atoms with E-state index in [1.807, 2.05) is 0 Å². The lowest BCUT2D eigenvalue weighted by Crippen LogP contribution is -2.39. The first kappa shape index (κ1) is 17.1. The first-order valence-electron chi connectivity index (χ1n) is 7.55. The topological polar surface area (TPSA) is 135 Å². The first-order chi connectivity index (χ1) is 11.7. The van der Waals surface area contributed by atoms with Crippen molar-refractivity contribution >= 4 is 21.4 Å². The summed E-state index contributed by atoms with van der Waals surface area (Å²) in [5.41, 5.74) is 1.44. The molecule has 25 heavy (non-hydrogen) atoms. The standard InChI is InChI=1S/C15H16N4O5S/c1-25(23,24)12-5-9(4-11(7-12)19(21)22)15(20)18-10-2-3-13-14(6-10)17-8-16-13/h4-5,7-8,10H,2-3,6H2,1H3,(H,16,17)(H,18,20)/t10-/m1/s1. The van der Waals surface area contributed by atoms with Crippen LogP contribution in [-0.2, 0) is 22.7 Å². The third-order valence-corrected chi connectivity index (χ3v) is 5.21. The average Bonchev–Trinajstić information content (AvgIpc) is 3.01. The minimum absolute atomic E-state index is 0.0509. The van der Waals surface area contributed by atoms with E-state index >= 15 is 0 Å². The number of imidazole rings is 1. The fourth-order valence-electron chi connectivity index (χ4n) is 2.83. The van der Waals surface area contributed by atoms with E-state index in [0.29, 0.717) is 19.3 Å². The molecule has 0 saturated heterocycles. The van der Waals surface area contributed by atoms with Crippen LogP contribution in [-0.4, -0.2) is 41.5 Å². The van der Waals surface area contributed by atoms with Gasteiger partial charge in [0.15, 0.2) is 9.84 Å². The molecular formula is C15H16N4O5S. The van der Waals surface area contributed by atoms with E-state index in [0.717, 1.165) is 35.8 Å². The molecule has 3 rings (SSSR count). The van der Waals surface area contributed by atoms with Crippen LogP contribution in [0.2, 0.25) is 0 Å². The van der Waals surface area contributed by atoms with Crippen molar-refractivity contribution in [2.45, 2.75) is 30.2 Å². The van der Waals surface area contributed by atoms with Crippen LogP contribution in [0.5, 0.6) is 0 Å². The molecule has 1 aliphatic carbocycles. The van der Waals surface area contributed by atoms with Crippen molar-refractivity contribution in [1.82, 2.24) is 15.3 Å². The van der Waals surface area contributed by atoms with Gasteiger partial charge in [0.1, 0.15) is 0 Å². The van der Waals surface area contributed by atoms with E-state index in [1.165, 1.54) is 0 Å². The molecule has 10 heteroatoms. The second-order valence-corrected chi connectivity index (χ2v) is 8.00. The lowest BCUT2D eigenvalue weighted by molar-refractivity contribution is -0.385. The summed E-state index contributed by atoms with van der Waals surface area (Å²) in [5.74, 6) is -0.540. The number of carbonyl (C=O) groups is 1. The highest BCUT2D eigenvalue weighted by Gasteiger charge is 2.24. The highest BCUT2D eigenvalue weighted by atomic mass is 32.2. The Morgan fingerprint density at radius 1 is 1.40 bits per heavy atom. The number of H-pyrrole nitrogens is 1. The number of nitro groups is 1. The Balaban J connectivity index is 1.84. The van der Waals surface area contributed by atoms with E-state index in [9.17, 15) is 23.3 Å². The van der Waals surface area contributed by atoms with Gasteiger partial charge >= 0.3 is 0 Å².